The van der Waals surface area contributed by atoms with E-state index in [4.69, 9.17) is 0 Å². The molecule has 3 amide bonds. The molecular formula is C30H27F3N6O3S. The largest absolute Gasteiger partial charge is 0.573 e. The lowest BCUT2D eigenvalue weighted by molar-refractivity contribution is -0.274. The number of aromatic nitrogens is 3. The molecule has 5 rings (SSSR count). The van der Waals surface area contributed by atoms with E-state index in [1.54, 1.807) is 12.1 Å². The van der Waals surface area contributed by atoms with Crippen LogP contribution in [-0.2, 0) is 11.3 Å². The second-order valence-electron chi connectivity index (χ2n) is 10.0. The van der Waals surface area contributed by atoms with Crippen LogP contribution in [0.15, 0.2) is 78.0 Å². The highest BCUT2D eigenvalue weighted by Crippen LogP contribution is 2.34. The van der Waals surface area contributed by atoms with Crippen LogP contribution in [0.4, 0.5) is 23.7 Å². The summed E-state index contributed by atoms with van der Waals surface area (Å²) in [6.07, 6.45) is -3.31. The SMILES string of the molecule is Cc1ccc(C(C)C)c(N2C(=O)CSC2=NC(=O)NCc2ccc(-c3ncn(-c4ccc(OC(F)(F)F)cc4)n3)cc2)c1. The number of ether oxygens (including phenoxy) is 1. The first-order valence-electron chi connectivity index (χ1n) is 13.3. The summed E-state index contributed by atoms with van der Waals surface area (Å²) >= 11 is 1.23. The Balaban J connectivity index is 1.22. The number of nitrogens with zero attached hydrogens (tertiary/aromatic N) is 5. The van der Waals surface area contributed by atoms with Gasteiger partial charge in [0.15, 0.2) is 11.0 Å². The highest BCUT2D eigenvalue weighted by molar-refractivity contribution is 8.15. The summed E-state index contributed by atoms with van der Waals surface area (Å²) in [5.74, 6) is 0.357. The molecule has 1 fully saturated rings. The summed E-state index contributed by atoms with van der Waals surface area (Å²) in [6, 6.07) is 17.9. The second-order valence-corrected chi connectivity index (χ2v) is 11.0. The van der Waals surface area contributed by atoms with Crippen molar-refractivity contribution in [2.45, 2.75) is 39.6 Å². The van der Waals surface area contributed by atoms with Crippen molar-refractivity contribution in [3.63, 3.8) is 0 Å². The van der Waals surface area contributed by atoms with Gasteiger partial charge in [0.25, 0.3) is 0 Å². The van der Waals surface area contributed by atoms with E-state index in [0.717, 1.165) is 22.4 Å². The maximum Gasteiger partial charge on any atom is 0.573 e. The van der Waals surface area contributed by atoms with Crippen molar-refractivity contribution < 1.29 is 27.5 Å². The number of aryl methyl sites for hydroxylation is 1. The fourth-order valence-electron chi connectivity index (χ4n) is 4.41. The van der Waals surface area contributed by atoms with Crippen molar-refractivity contribution in [3.8, 4) is 22.8 Å². The maximum absolute atomic E-state index is 12.8. The number of thioether (sulfide) groups is 1. The zero-order valence-corrected chi connectivity index (χ0v) is 24.2. The first kappa shape index (κ1) is 29.8. The van der Waals surface area contributed by atoms with E-state index in [-0.39, 0.29) is 29.9 Å². The molecule has 0 atom stereocenters. The number of anilines is 1. The van der Waals surface area contributed by atoms with Gasteiger partial charge in [-0.3, -0.25) is 9.69 Å². The van der Waals surface area contributed by atoms with Crippen LogP contribution in [-0.4, -0.2) is 44.0 Å². The molecule has 1 saturated heterocycles. The lowest BCUT2D eigenvalue weighted by Gasteiger charge is -2.22. The number of nitrogens with one attached hydrogen (secondary N) is 1. The predicted molar refractivity (Wildman–Crippen MR) is 158 cm³/mol. The zero-order chi connectivity index (χ0) is 30.7. The molecule has 222 valence electrons. The van der Waals surface area contributed by atoms with Gasteiger partial charge in [-0.2, -0.15) is 4.99 Å². The quantitative estimate of drug-likeness (QED) is 0.253. The molecule has 9 nitrogen and oxygen atoms in total. The molecule has 1 aliphatic heterocycles. The van der Waals surface area contributed by atoms with Gasteiger partial charge in [0, 0.05) is 12.1 Å². The average molecular weight is 609 g/mol. The number of amidine groups is 1. The summed E-state index contributed by atoms with van der Waals surface area (Å²) < 4.78 is 42.5. The summed E-state index contributed by atoms with van der Waals surface area (Å²) in [5, 5.41) is 7.51. The lowest BCUT2D eigenvalue weighted by atomic mass is 9.99. The Morgan fingerprint density at radius 3 is 2.49 bits per heavy atom. The van der Waals surface area contributed by atoms with Crippen molar-refractivity contribution in [2.24, 2.45) is 4.99 Å². The highest BCUT2D eigenvalue weighted by Gasteiger charge is 2.33. The predicted octanol–water partition coefficient (Wildman–Crippen LogP) is 6.61. The van der Waals surface area contributed by atoms with Crippen LogP contribution in [0, 0.1) is 6.92 Å². The standard InChI is InChI=1S/C30H27F3N6O3S/c1-18(2)24-13-4-19(3)14-25(24)39-26(40)16-43-29(39)36-28(41)34-15-20-5-7-21(8-6-20)27-35-17-38(37-27)22-9-11-23(12-10-22)42-30(31,32)33/h4-14,17-18H,15-16H2,1-3H3,(H,34,41). The molecular weight excluding hydrogens is 581 g/mol. The normalized spacial score (nSPS) is 14.5. The minimum Gasteiger partial charge on any atom is -0.406 e. The van der Waals surface area contributed by atoms with E-state index < -0.39 is 12.4 Å². The van der Waals surface area contributed by atoms with Crippen molar-refractivity contribution in [1.82, 2.24) is 20.1 Å². The van der Waals surface area contributed by atoms with E-state index in [9.17, 15) is 22.8 Å². The van der Waals surface area contributed by atoms with Crippen LogP contribution in [0.5, 0.6) is 5.75 Å². The fourth-order valence-corrected chi connectivity index (χ4v) is 5.27. The number of rotatable bonds is 7. The molecule has 13 heteroatoms. The van der Waals surface area contributed by atoms with E-state index in [2.05, 4.69) is 39.0 Å². The minimum absolute atomic E-state index is 0.122. The van der Waals surface area contributed by atoms with Gasteiger partial charge >= 0.3 is 12.4 Å². The number of hydrogen-bond donors (Lipinski definition) is 1. The Bertz CT molecular complexity index is 1670. The minimum atomic E-state index is -4.76. The molecule has 0 radical (unpaired) electrons. The van der Waals surface area contributed by atoms with Gasteiger partial charge in [0.1, 0.15) is 12.1 Å². The highest BCUT2D eigenvalue weighted by atomic mass is 32.2. The van der Waals surface area contributed by atoms with Crippen molar-refractivity contribution in [3.05, 3.63) is 89.7 Å². The van der Waals surface area contributed by atoms with Crippen LogP contribution >= 0.6 is 11.8 Å². The molecule has 4 aromatic rings. The molecule has 0 unspecified atom stereocenters. The Hall–Kier alpha value is -4.65. The smallest absolute Gasteiger partial charge is 0.406 e. The van der Waals surface area contributed by atoms with Crippen LogP contribution in [0.2, 0.25) is 0 Å². The van der Waals surface area contributed by atoms with Gasteiger partial charge in [0.2, 0.25) is 5.91 Å². The Kier molecular flexibility index (Phi) is 8.53. The second kappa shape index (κ2) is 12.3. The number of halogens is 3. The Labute approximate surface area is 249 Å². The third-order valence-electron chi connectivity index (χ3n) is 6.49. The molecule has 0 bridgehead atoms. The van der Waals surface area contributed by atoms with Crippen LogP contribution in [0.1, 0.15) is 36.5 Å². The monoisotopic (exact) mass is 608 g/mol. The third kappa shape index (κ3) is 7.23. The van der Waals surface area contributed by atoms with Gasteiger partial charge in [-0.15, -0.1) is 18.3 Å². The number of urea groups is 1. The number of hydrogen-bond acceptors (Lipinski definition) is 6. The first-order chi connectivity index (χ1) is 20.5. The first-order valence-corrected chi connectivity index (χ1v) is 14.3. The van der Waals surface area contributed by atoms with Gasteiger partial charge < -0.3 is 10.1 Å². The third-order valence-corrected chi connectivity index (χ3v) is 7.42. The molecule has 0 saturated carbocycles. The van der Waals surface area contributed by atoms with Crippen molar-refractivity contribution in [1.29, 1.82) is 0 Å². The van der Waals surface area contributed by atoms with Crippen LogP contribution in [0.3, 0.4) is 0 Å². The number of carbonyl (C=O) groups excluding carboxylic acids is 2. The lowest BCUT2D eigenvalue weighted by Crippen LogP contribution is -2.32. The van der Waals surface area contributed by atoms with E-state index >= 15 is 0 Å². The molecule has 1 N–H and O–H groups in total. The van der Waals surface area contributed by atoms with E-state index in [0.29, 0.717) is 22.2 Å². The van der Waals surface area contributed by atoms with Gasteiger partial charge in [-0.05, 0) is 59.9 Å². The van der Waals surface area contributed by atoms with E-state index in [1.807, 2.05) is 37.3 Å². The molecule has 0 aliphatic carbocycles. The van der Waals surface area contributed by atoms with Crippen molar-refractivity contribution >= 4 is 34.6 Å². The summed E-state index contributed by atoms with van der Waals surface area (Å²) in [7, 11) is 0. The molecule has 1 aromatic heterocycles. The van der Waals surface area contributed by atoms with Crippen molar-refractivity contribution in [2.75, 3.05) is 10.7 Å². The number of aliphatic imine (C=N–C) groups is 1. The number of benzene rings is 3. The Morgan fingerprint density at radius 1 is 1.09 bits per heavy atom. The summed E-state index contributed by atoms with van der Waals surface area (Å²) in [6.45, 7) is 6.27. The fraction of sp³-hybridized carbons (Fsp3) is 0.233. The average Bonchev–Trinajstić information content (AvgIpc) is 3.58. The van der Waals surface area contributed by atoms with Gasteiger partial charge in [-0.1, -0.05) is 62.0 Å². The molecule has 1 aliphatic rings. The van der Waals surface area contributed by atoms with Gasteiger partial charge in [-0.25, -0.2) is 14.5 Å². The number of amides is 3. The number of carbonyl (C=O) groups is 2. The zero-order valence-electron chi connectivity index (χ0n) is 23.4. The maximum atomic E-state index is 12.8. The summed E-state index contributed by atoms with van der Waals surface area (Å²) in [4.78, 5) is 35.5. The van der Waals surface area contributed by atoms with Crippen LogP contribution in [0.25, 0.3) is 17.1 Å². The topological polar surface area (TPSA) is 102 Å². The Morgan fingerprint density at radius 2 is 1.81 bits per heavy atom. The van der Waals surface area contributed by atoms with E-state index in [1.165, 1.54) is 51.9 Å². The molecule has 3 aromatic carbocycles. The van der Waals surface area contributed by atoms with Crippen LogP contribution < -0.4 is 15.0 Å². The molecule has 43 heavy (non-hydrogen) atoms. The molecule has 0 spiro atoms. The molecule has 2 heterocycles. The van der Waals surface area contributed by atoms with Gasteiger partial charge in [0.05, 0.1) is 17.1 Å². The number of alkyl halides is 3. The summed E-state index contributed by atoms with van der Waals surface area (Å²) in [5.41, 5.74) is 4.79.